The maximum atomic E-state index is 12.7. The van der Waals surface area contributed by atoms with Crippen molar-refractivity contribution in [1.82, 2.24) is 4.67 Å². The SMILES string of the molecule is C=CP(F)(=S)N(C)C. The zero-order chi connectivity index (χ0) is 6.78. The lowest BCUT2D eigenvalue weighted by atomic mass is 11.3. The van der Waals surface area contributed by atoms with E-state index in [1.807, 2.05) is 0 Å². The molecule has 0 aromatic heterocycles. The third kappa shape index (κ3) is 2.03. The van der Waals surface area contributed by atoms with Crippen LogP contribution in [0.25, 0.3) is 0 Å². The van der Waals surface area contributed by atoms with Crippen LogP contribution >= 0.6 is 6.50 Å². The van der Waals surface area contributed by atoms with Gasteiger partial charge in [-0.15, -0.1) is 0 Å². The van der Waals surface area contributed by atoms with Crippen molar-refractivity contribution in [1.29, 1.82) is 0 Å². The topological polar surface area (TPSA) is 3.24 Å². The Labute approximate surface area is 54.4 Å². The summed E-state index contributed by atoms with van der Waals surface area (Å²) in [7, 11) is 3.23. The van der Waals surface area contributed by atoms with Gasteiger partial charge < -0.3 is 0 Å². The fourth-order valence-electron chi connectivity index (χ4n) is 0.163. The fraction of sp³-hybridized carbons (Fsp3) is 0.500. The van der Waals surface area contributed by atoms with Crippen molar-refractivity contribution in [2.75, 3.05) is 14.1 Å². The fourth-order valence-corrected chi connectivity index (χ4v) is 0.490. The lowest BCUT2D eigenvalue weighted by Crippen LogP contribution is -2.01. The second-order valence-electron chi connectivity index (χ2n) is 1.57. The Morgan fingerprint density at radius 2 is 2.12 bits per heavy atom. The van der Waals surface area contributed by atoms with Gasteiger partial charge in [0.05, 0.1) is 0 Å². The van der Waals surface area contributed by atoms with E-state index in [0.29, 0.717) is 0 Å². The van der Waals surface area contributed by atoms with Gasteiger partial charge in [0.2, 0.25) is 0 Å². The van der Waals surface area contributed by atoms with Crippen molar-refractivity contribution in [3.63, 3.8) is 0 Å². The Morgan fingerprint density at radius 1 is 1.75 bits per heavy atom. The van der Waals surface area contributed by atoms with Gasteiger partial charge in [-0.3, -0.25) is 4.67 Å². The zero-order valence-electron chi connectivity index (χ0n) is 4.97. The molecule has 0 heterocycles. The molecule has 0 radical (unpaired) electrons. The van der Waals surface area contributed by atoms with Gasteiger partial charge in [0.25, 0.3) is 0 Å². The Morgan fingerprint density at radius 3 is 2.12 bits per heavy atom. The molecule has 0 saturated heterocycles. The predicted molar refractivity (Wildman–Crippen MR) is 39.3 cm³/mol. The van der Waals surface area contributed by atoms with E-state index in [1.54, 1.807) is 14.1 Å². The van der Waals surface area contributed by atoms with Gasteiger partial charge in [-0.1, -0.05) is 6.58 Å². The van der Waals surface area contributed by atoms with Gasteiger partial charge in [0.1, 0.15) is 0 Å². The molecule has 0 saturated carbocycles. The summed E-state index contributed by atoms with van der Waals surface area (Å²) in [6, 6.07) is 0. The number of nitrogens with zero attached hydrogens (tertiary/aromatic N) is 1. The van der Waals surface area contributed by atoms with E-state index in [4.69, 9.17) is 0 Å². The van der Waals surface area contributed by atoms with E-state index in [9.17, 15) is 4.20 Å². The van der Waals surface area contributed by atoms with Crippen LogP contribution in [0.15, 0.2) is 12.4 Å². The molecule has 0 rings (SSSR count). The van der Waals surface area contributed by atoms with Crippen molar-refractivity contribution in [3.8, 4) is 0 Å². The molecule has 0 bridgehead atoms. The first-order valence-electron chi connectivity index (χ1n) is 2.11. The molecule has 0 N–H and O–H groups in total. The van der Waals surface area contributed by atoms with Crippen LogP contribution in [0.3, 0.4) is 0 Å². The molecule has 0 aliphatic carbocycles. The van der Waals surface area contributed by atoms with Crippen molar-refractivity contribution in [3.05, 3.63) is 12.4 Å². The van der Waals surface area contributed by atoms with E-state index < -0.39 is 6.50 Å². The normalized spacial score (nSPS) is 18.0. The van der Waals surface area contributed by atoms with E-state index in [1.165, 1.54) is 10.5 Å². The molecule has 8 heavy (non-hydrogen) atoms. The van der Waals surface area contributed by atoms with Crippen molar-refractivity contribution < 1.29 is 4.20 Å². The van der Waals surface area contributed by atoms with E-state index >= 15 is 0 Å². The first kappa shape index (κ1) is 8.28. The zero-order valence-corrected chi connectivity index (χ0v) is 6.68. The van der Waals surface area contributed by atoms with Gasteiger partial charge >= 0.3 is 0 Å². The maximum Gasteiger partial charge on any atom is 0.198 e. The van der Waals surface area contributed by atoms with Crippen LogP contribution in [0, 0.1) is 0 Å². The summed E-state index contributed by atoms with van der Waals surface area (Å²) in [4.78, 5) is 0. The molecule has 0 amide bonds. The smallest absolute Gasteiger partial charge is 0.198 e. The highest BCUT2D eigenvalue weighted by atomic mass is 32.5. The standard InChI is InChI=1S/C4H9FNPS/c1-4-7(5,8)6(2)3/h4H,1H2,2-3H3. The van der Waals surface area contributed by atoms with Crippen LogP contribution in [0.4, 0.5) is 4.20 Å². The van der Waals surface area contributed by atoms with Gasteiger partial charge in [0.15, 0.2) is 6.50 Å². The molecule has 0 aromatic carbocycles. The molecule has 0 aliphatic heterocycles. The third-order valence-corrected chi connectivity index (χ3v) is 3.74. The molecule has 0 aromatic rings. The summed E-state index contributed by atoms with van der Waals surface area (Å²) in [5.41, 5.74) is 0. The van der Waals surface area contributed by atoms with Crippen LogP contribution in [0.5, 0.6) is 0 Å². The monoisotopic (exact) mass is 153 g/mol. The van der Waals surface area contributed by atoms with E-state index in [-0.39, 0.29) is 0 Å². The minimum atomic E-state index is -2.81. The molecule has 0 aliphatic rings. The molecule has 4 heteroatoms. The average molecular weight is 153 g/mol. The lowest BCUT2D eigenvalue weighted by Gasteiger charge is -2.14. The third-order valence-electron chi connectivity index (χ3n) is 0.771. The molecular weight excluding hydrogens is 144 g/mol. The number of halogens is 1. The minimum Gasteiger partial charge on any atom is -0.254 e. The number of rotatable bonds is 2. The molecule has 1 unspecified atom stereocenters. The second-order valence-corrected chi connectivity index (χ2v) is 5.37. The molecular formula is C4H9FNPS. The Balaban J connectivity index is 4.14. The molecule has 0 spiro atoms. The van der Waals surface area contributed by atoms with E-state index in [0.717, 1.165) is 0 Å². The summed E-state index contributed by atoms with van der Waals surface area (Å²) in [6.45, 7) is 0.467. The first-order chi connectivity index (χ1) is 3.50. The van der Waals surface area contributed by atoms with Gasteiger partial charge in [0, 0.05) is 0 Å². The lowest BCUT2D eigenvalue weighted by molar-refractivity contribution is 0.631. The summed E-state index contributed by atoms with van der Waals surface area (Å²) in [5, 5.41) is 0. The Kier molecular flexibility index (Phi) is 2.81. The van der Waals surface area contributed by atoms with Crippen LogP contribution in [0.2, 0.25) is 0 Å². The minimum absolute atomic E-state index is 1.20. The van der Waals surface area contributed by atoms with Crippen molar-refractivity contribution in [2.24, 2.45) is 0 Å². The van der Waals surface area contributed by atoms with E-state index in [2.05, 4.69) is 18.4 Å². The summed E-state index contributed by atoms with van der Waals surface area (Å²) >= 11 is 4.52. The van der Waals surface area contributed by atoms with Crippen molar-refractivity contribution in [2.45, 2.75) is 0 Å². The van der Waals surface area contributed by atoms with Gasteiger partial charge in [-0.05, 0) is 31.7 Å². The quantitative estimate of drug-likeness (QED) is 0.558. The molecule has 0 fully saturated rings. The predicted octanol–water partition coefficient (Wildman–Crippen LogP) is 1.97. The van der Waals surface area contributed by atoms with Crippen LogP contribution in [0.1, 0.15) is 0 Å². The Bertz CT molecular complexity index is 134. The highest BCUT2D eigenvalue weighted by Crippen LogP contribution is 2.50. The second kappa shape index (κ2) is 2.72. The molecule has 48 valence electrons. The number of hydrogen-bond donors (Lipinski definition) is 0. The molecule has 1 atom stereocenters. The summed E-state index contributed by atoms with van der Waals surface area (Å²) < 4.78 is 14.1. The van der Waals surface area contributed by atoms with Crippen LogP contribution in [-0.4, -0.2) is 18.8 Å². The first-order valence-corrected chi connectivity index (χ1v) is 4.83. The summed E-state index contributed by atoms with van der Waals surface area (Å²) in [5.74, 6) is 1.20. The highest BCUT2D eigenvalue weighted by molar-refractivity contribution is 8.12. The van der Waals surface area contributed by atoms with Gasteiger partial charge in [-0.25, -0.2) is 0 Å². The van der Waals surface area contributed by atoms with Crippen LogP contribution in [-0.2, 0) is 11.8 Å². The largest absolute Gasteiger partial charge is 0.254 e. The maximum absolute atomic E-state index is 12.7. The Hall–Kier alpha value is 0.280. The van der Waals surface area contributed by atoms with Crippen LogP contribution < -0.4 is 0 Å². The number of hydrogen-bond acceptors (Lipinski definition) is 1. The molecule has 1 nitrogen and oxygen atoms in total. The van der Waals surface area contributed by atoms with Gasteiger partial charge in [-0.2, -0.15) is 4.20 Å². The average Bonchev–Trinajstić information content (AvgIpc) is 1.67. The summed E-state index contributed by atoms with van der Waals surface area (Å²) in [6.07, 6.45) is 0. The highest BCUT2D eigenvalue weighted by Gasteiger charge is 2.11. The van der Waals surface area contributed by atoms with Crippen molar-refractivity contribution >= 4 is 18.3 Å².